The van der Waals surface area contributed by atoms with Crippen molar-refractivity contribution in [3.8, 4) is 0 Å². The van der Waals surface area contributed by atoms with Crippen molar-refractivity contribution < 1.29 is 4.79 Å². The van der Waals surface area contributed by atoms with Gasteiger partial charge in [-0.05, 0) is 31.4 Å². The first-order valence-corrected chi connectivity index (χ1v) is 7.47. The fourth-order valence-electron chi connectivity index (χ4n) is 1.93. The van der Waals surface area contributed by atoms with Crippen LogP contribution < -0.4 is 5.32 Å². The number of aromatic amines is 1. The number of H-pyrrole nitrogens is 1. The van der Waals surface area contributed by atoms with Gasteiger partial charge in [0.2, 0.25) is 0 Å². The second-order valence-electron chi connectivity index (χ2n) is 4.40. The van der Waals surface area contributed by atoms with Gasteiger partial charge < -0.3 is 10.3 Å². The maximum Gasteiger partial charge on any atom is 0.253 e. The highest BCUT2D eigenvalue weighted by Crippen LogP contribution is 2.17. The van der Waals surface area contributed by atoms with Gasteiger partial charge in [-0.1, -0.05) is 18.2 Å². The van der Waals surface area contributed by atoms with Gasteiger partial charge in [0.05, 0.1) is 5.56 Å². The first kappa shape index (κ1) is 13.0. The zero-order valence-electron chi connectivity index (χ0n) is 10.7. The molecule has 0 saturated heterocycles. The molecule has 0 bridgehead atoms. The summed E-state index contributed by atoms with van der Waals surface area (Å²) >= 11 is 1.80. The number of hydrogen-bond donors (Lipinski definition) is 2. The number of para-hydroxylation sites is 1. The average Bonchev–Trinajstić information content (AvgIpc) is 2.80. The molecule has 1 amide bonds. The summed E-state index contributed by atoms with van der Waals surface area (Å²) in [4.78, 5) is 15.3. The average molecular weight is 262 g/mol. The molecule has 1 heterocycles. The van der Waals surface area contributed by atoms with E-state index in [0.29, 0.717) is 0 Å². The Labute approximate surface area is 111 Å². The molecule has 2 N–H and O–H groups in total. The highest BCUT2D eigenvalue weighted by Gasteiger charge is 2.13. The van der Waals surface area contributed by atoms with E-state index in [9.17, 15) is 4.79 Å². The quantitative estimate of drug-likeness (QED) is 0.870. The highest BCUT2D eigenvalue weighted by atomic mass is 32.2. The number of carbonyl (C=O) groups is 1. The number of benzene rings is 1. The van der Waals surface area contributed by atoms with Crippen molar-refractivity contribution in [2.24, 2.45) is 0 Å². The summed E-state index contributed by atoms with van der Waals surface area (Å²) in [5.41, 5.74) is 1.72. The predicted octanol–water partition coefficient (Wildman–Crippen LogP) is 3.04. The van der Waals surface area contributed by atoms with Gasteiger partial charge in [0.25, 0.3) is 5.91 Å². The molecular weight excluding hydrogens is 244 g/mol. The SMILES string of the molecule is CSCCC(C)NC(=O)c1c[nH]c2ccccc12. The molecule has 0 radical (unpaired) electrons. The largest absolute Gasteiger partial charge is 0.360 e. The molecule has 18 heavy (non-hydrogen) atoms. The molecule has 0 fully saturated rings. The minimum atomic E-state index is 0.000975. The second-order valence-corrected chi connectivity index (χ2v) is 5.39. The van der Waals surface area contributed by atoms with E-state index < -0.39 is 0 Å². The van der Waals surface area contributed by atoms with E-state index in [4.69, 9.17) is 0 Å². The highest BCUT2D eigenvalue weighted by molar-refractivity contribution is 7.98. The summed E-state index contributed by atoms with van der Waals surface area (Å²) in [6, 6.07) is 8.06. The Balaban J connectivity index is 2.09. The van der Waals surface area contributed by atoms with E-state index >= 15 is 0 Å². The minimum Gasteiger partial charge on any atom is -0.360 e. The minimum absolute atomic E-state index is 0.000975. The third-order valence-corrected chi connectivity index (χ3v) is 3.61. The van der Waals surface area contributed by atoms with Crippen LogP contribution in [0.4, 0.5) is 0 Å². The Kier molecular flexibility index (Phi) is 4.31. The Morgan fingerprint density at radius 3 is 3.00 bits per heavy atom. The number of aromatic nitrogens is 1. The van der Waals surface area contributed by atoms with Crippen LogP contribution in [0.3, 0.4) is 0 Å². The molecule has 0 aliphatic rings. The normalized spacial score (nSPS) is 12.6. The van der Waals surface area contributed by atoms with Gasteiger partial charge >= 0.3 is 0 Å². The van der Waals surface area contributed by atoms with Crippen molar-refractivity contribution in [2.75, 3.05) is 12.0 Å². The first-order chi connectivity index (χ1) is 8.72. The van der Waals surface area contributed by atoms with Crippen molar-refractivity contribution in [1.82, 2.24) is 10.3 Å². The Morgan fingerprint density at radius 1 is 1.44 bits per heavy atom. The van der Waals surface area contributed by atoms with Gasteiger partial charge in [0.15, 0.2) is 0 Å². The number of hydrogen-bond acceptors (Lipinski definition) is 2. The lowest BCUT2D eigenvalue weighted by Gasteiger charge is -2.12. The Bertz CT molecular complexity index is 535. The molecule has 1 unspecified atom stereocenters. The second kappa shape index (κ2) is 5.96. The van der Waals surface area contributed by atoms with Gasteiger partial charge in [-0.25, -0.2) is 0 Å². The number of carbonyl (C=O) groups excluding carboxylic acids is 1. The van der Waals surface area contributed by atoms with Gasteiger partial charge in [0.1, 0.15) is 0 Å². The molecule has 0 saturated carbocycles. The van der Waals surface area contributed by atoms with Crippen LogP contribution >= 0.6 is 11.8 Å². The van der Waals surface area contributed by atoms with E-state index in [0.717, 1.165) is 28.6 Å². The van der Waals surface area contributed by atoms with Crippen LogP contribution in [0.1, 0.15) is 23.7 Å². The van der Waals surface area contributed by atoms with E-state index in [1.54, 1.807) is 18.0 Å². The molecule has 0 aliphatic carbocycles. The molecular formula is C14H18N2OS. The lowest BCUT2D eigenvalue weighted by atomic mass is 10.1. The molecule has 3 nitrogen and oxygen atoms in total. The first-order valence-electron chi connectivity index (χ1n) is 6.08. The molecule has 0 spiro atoms. The van der Waals surface area contributed by atoms with Gasteiger partial charge in [-0.15, -0.1) is 0 Å². The summed E-state index contributed by atoms with van der Waals surface area (Å²) in [6.45, 7) is 2.04. The van der Waals surface area contributed by atoms with Crippen LogP contribution in [-0.2, 0) is 0 Å². The third-order valence-electron chi connectivity index (χ3n) is 2.97. The predicted molar refractivity (Wildman–Crippen MR) is 78.2 cm³/mol. The Morgan fingerprint density at radius 2 is 2.22 bits per heavy atom. The lowest BCUT2D eigenvalue weighted by Crippen LogP contribution is -2.32. The summed E-state index contributed by atoms with van der Waals surface area (Å²) in [5.74, 6) is 1.07. The van der Waals surface area contributed by atoms with Crippen molar-refractivity contribution in [3.05, 3.63) is 36.0 Å². The number of rotatable bonds is 5. The number of thioether (sulfide) groups is 1. The molecule has 0 aliphatic heterocycles. The molecule has 2 rings (SSSR count). The van der Waals surface area contributed by atoms with E-state index in [1.807, 2.05) is 31.2 Å². The monoisotopic (exact) mass is 262 g/mol. The zero-order valence-corrected chi connectivity index (χ0v) is 11.5. The summed E-state index contributed by atoms with van der Waals surface area (Å²) in [7, 11) is 0. The van der Waals surface area contributed by atoms with Crippen LogP contribution in [0.15, 0.2) is 30.5 Å². The number of nitrogens with one attached hydrogen (secondary N) is 2. The zero-order chi connectivity index (χ0) is 13.0. The van der Waals surface area contributed by atoms with E-state index in [-0.39, 0.29) is 11.9 Å². The topological polar surface area (TPSA) is 44.9 Å². The third kappa shape index (κ3) is 2.88. The lowest BCUT2D eigenvalue weighted by molar-refractivity contribution is 0.0941. The van der Waals surface area contributed by atoms with Crippen molar-refractivity contribution in [2.45, 2.75) is 19.4 Å². The van der Waals surface area contributed by atoms with Crippen LogP contribution in [0.25, 0.3) is 10.9 Å². The van der Waals surface area contributed by atoms with Crippen LogP contribution in [0.5, 0.6) is 0 Å². The molecule has 1 aromatic heterocycles. The standard InChI is InChI=1S/C14H18N2OS/c1-10(7-8-18-2)16-14(17)12-9-15-13-6-4-3-5-11(12)13/h3-6,9-10,15H,7-8H2,1-2H3,(H,16,17). The molecule has 1 atom stereocenters. The van der Waals surface area contributed by atoms with E-state index in [1.165, 1.54) is 0 Å². The maximum atomic E-state index is 12.2. The van der Waals surface area contributed by atoms with Gasteiger partial charge in [-0.3, -0.25) is 4.79 Å². The summed E-state index contributed by atoms with van der Waals surface area (Å²) in [5, 5.41) is 4.02. The molecule has 4 heteroatoms. The van der Waals surface area contributed by atoms with Crippen LogP contribution in [-0.4, -0.2) is 28.9 Å². The van der Waals surface area contributed by atoms with Gasteiger partial charge in [-0.2, -0.15) is 11.8 Å². The van der Waals surface area contributed by atoms with Crippen molar-refractivity contribution in [1.29, 1.82) is 0 Å². The molecule has 1 aromatic carbocycles. The fraction of sp³-hybridized carbons (Fsp3) is 0.357. The van der Waals surface area contributed by atoms with Crippen molar-refractivity contribution in [3.63, 3.8) is 0 Å². The van der Waals surface area contributed by atoms with Crippen molar-refractivity contribution >= 4 is 28.6 Å². The fourth-order valence-corrected chi connectivity index (χ4v) is 2.52. The molecule has 96 valence electrons. The summed E-state index contributed by atoms with van der Waals surface area (Å²) < 4.78 is 0. The Hall–Kier alpha value is -1.42. The number of fused-ring (bicyclic) bond motifs is 1. The summed E-state index contributed by atoms with van der Waals surface area (Å²) in [6.07, 6.45) is 4.85. The van der Waals surface area contributed by atoms with Crippen LogP contribution in [0.2, 0.25) is 0 Å². The van der Waals surface area contributed by atoms with Gasteiger partial charge in [0, 0.05) is 23.1 Å². The van der Waals surface area contributed by atoms with E-state index in [2.05, 4.69) is 16.6 Å². The number of amides is 1. The smallest absolute Gasteiger partial charge is 0.253 e. The van der Waals surface area contributed by atoms with Crippen LogP contribution in [0, 0.1) is 0 Å². The maximum absolute atomic E-state index is 12.2. The molecule has 2 aromatic rings.